The van der Waals surface area contributed by atoms with Gasteiger partial charge in [-0.1, -0.05) is 0 Å². The minimum Gasteiger partial charge on any atom is -0.497 e. The van der Waals surface area contributed by atoms with Crippen LogP contribution in [0.4, 0.5) is 4.39 Å². The van der Waals surface area contributed by atoms with E-state index in [1.165, 1.54) is 13.2 Å². The fourth-order valence-electron chi connectivity index (χ4n) is 2.46. The van der Waals surface area contributed by atoms with Crippen molar-refractivity contribution in [2.45, 2.75) is 20.0 Å². The van der Waals surface area contributed by atoms with E-state index in [1.807, 2.05) is 20.0 Å². The molecule has 0 spiro atoms. The number of rotatable bonds is 6. The number of hydrogen-bond acceptors (Lipinski definition) is 5. The molecule has 3 rings (SSSR count). The van der Waals surface area contributed by atoms with E-state index in [0.717, 1.165) is 11.4 Å². The number of nitrogens with one attached hydrogen (secondary N) is 1. The lowest BCUT2D eigenvalue weighted by Crippen LogP contribution is -2.18. The smallest absolute Gasteiger partial charge is 0.229 e. The number of methoxy groups -OCH3 is 1. The van der Waals surface area contributed by atoms with E-state index in [1.54, 1.807) is 18.3 Å². The van der Waals surface area contributed by atoms with Gasteiger partial charge in [0.05, 0.1) is 18.4 Å². The number of aromatic nitrogens is 3. The Hall–Kier alpha value is -2.67. The maximum atomic E-state index is 14.2. The van der Waals surface area contributed by atoms with Crippen molar-refractivity contribution in [2.75, 3.05) is 14.2 Å². The predicted molar refractivity (Wildman–Crippen MR) is 86.9 cm³/mol. The van der Waals surface area contributed by atoms with Crippen molar-refractivity contribution in [1.29, 1.82) is 0 Å². The summed E-state index contributed by atoms with van der Waals surface area (Å²) in [5.41, 5.74) is 2.11. The molecule has 7 heteroatoms. The lowest BCUT2D eigenvalue weighted by molar-refractivity contribution is 0.309. The molecule has 0 bridgehead atoms. The van der Waals surface area contributed by atoms with Gasteiger partial charge >= 0.3 is 0 Å². The zero-order chi connectivity index (χ0) is 17.1. The van der Waals surface area contributed by atoms with Crippen LogP contribution in [0.1, 0.15) is 17.1 Å². The maximum Gasteiger partial charge on any atom is 0.229 e. The number of nitrogens with zero attached hydrogens (tertiary/aromatic N) is 3. The zero-order valence-corrected chi connectivity index (χ0v) is 13.8. The van der Waals surface area contributed by atoms with Gasteiger partial charge in [0.15, 0.2) is 0 Å². The lowest BCUT2D eigenvalue weighted by Gasteiger charge is -2.13. The summed E-state index contributed by atoms with van der Waals surface area (Å²) in [6, 6.07) is 6.53. The normalized spacial score (nSPS) is 11.2. The van der Waals surface area contributed by atoms with Crippen LogP contribution in [0.25, 0.3) is 11.5 Å². The van der Waals surface area contributed by atoms with Gasteiger partial charge in [0.25, 0.3) is 0 Å². The molecule has 0 radical (unpaired) electrons. The first-order valence-electron chi connectivity index (χ1n) is 7.54. The van der Waals surface area contributed by atoms with Crippen LogP contribution in [-0.4, -0.2) is 34.2 Å². The quantitative estimate of drug-likeness (QED) is 0.752. The summed E-state index contributed by atoms with van der Waals surface area (Å²) < 4.78 is 24.8. The molecule has 0 aliphatic rings. The average Bonchev–Trinajstić information content (AvgIpc) is 3.17. The molecule has 0 saturated heterocycles. The molecular formula is C17H19FN4O2. The molecule has 0 atom stereocenters. The number of ether oxygens (including phenoxy) is 1. The Morgan fingerprint density at radius 1 is 1.29 bits per heavy atom. The minimum absolute atomic E-state index is 0.276. The molecule has 2 heterocycles. The number of aryl methyl sites for hydroxylation is 1. The number of hydrogen-bond donors (Lipinski definition) is 1. The van der Waals surface area contributed by atoms with E-state index in [4.69, 9.17) is 9.15 Å². The average molecular weight is 330 g/mol. The molecule has 24 heavy (non-hydrogen) atoms. The van der Waals surface area contributed by atoms with Crippen molar-refractivity contribution < 1.29 is 13.5 Å². The third kappa shape index (κ3) is 3.46. The van der Waals surface area contributed by atoms with Crippen LogP contribution in [0.5, 0.6) is 5.75 Å². The number of benzene rings is 1. The fourth-order valence-corrected chi connectivity index (χ4v) is 2.46. The van der Waals surface area contributed by atoms with Crippen molar-refractivity contribution in [3.05, 3.63) is 53.4 Å². The van der Waals surface area contributed by atoms with Crippen LogP contribution in [-0.2, 0) is 13.1 Å². The number of oxazole rings is 1. The molecule has 1 aromatic carbocycles. The third-order valence-electron chi connectivity index (χ3n) is 3.72. The molecule has 0 aliphatic carbocycles. The highest BCUT2D eigenvalue weighted by Gasteiger charge is 2.16. The third-order valence-corrected chi connectivity index (χ3v) is 3.72. The van der Waals surface area contributed by atoms with Gasteiger partial charge in [-0.2, -0.15) is 5.10 Å². The molecule has 1 N–H and O–H groups in total. The second kappa shape index (κ2) is 6.84. The summed E-state index contributed by atoms with van der Waals surface area (Å²) in [5, 5.41) is 6.85. The van der Waals surface area contributed by atoms with E-state index >= 15 is 0 Å². The Kier molecular flexibility index (Phi) is 4.61. The van der Waals surface area contributed by atoms with Gasteiger partial charge in [-0.15, -0.1) is 0 Å². The highest BCUT2D eigenvalue weighted by atomic mass is 19.1. The maximum absolute atomic E-state index is 14.2. The van der Waals surface area contributed by atoms with Crippen molar-refractivity contribution >= 4 is 0 Å². The Bertz CT molecular complexity index is 814. The van der Waals surface area contributed by atoms with E-state index in [2.05, 4.69) is 20.1 Å². The van der Waals surface area contributed by atoms with Gasteiger partial charge in [0.1, 0.15) is 17.3 Å². The van der Waals surface area contributed by atoms with Crippen LogP contribution in [0.3, 0.4) is 0 Å². The molecule has 0 amide bonds. The largest absolute Gasteiger partial charge is 0.497 e. The van der Waals surface area contributed by atoms with Crippen molar-refractivity contribution in [2.24, 2.45) is 0 Å². The van der Waals surface area contributed by atoms with E-state index in [-0.39, 0.29) is 5.89 Å². The summed E-state index contributed by atoms with van der Waals surface area (Å²) in [7, 11) is 3.47. The summed E-state index contributed by atoms with van der Waals surface area (Å²) in [4.78, 5) is 6.53. The first-order chi connectivity index (χ1) is 11.6. The van der Waals surface area contributed by atoms with Crippen LogP contribution in [0.15, 0.2) is 34.9 Å². The van der Waals surface area contributed by atoms with E-state index in [0.29, 0.717) is 30.2 Å². The van der Waals surface area contributed by atoms with Gasteiger partial charge < -0.3 is 9.15 Å². The first-order valence-corrected chi connectivity index (χ1v) is 7.54. The zero-order valence-electron chi connectivity index (χ0n) is 13.8. The van der Waals surface area contributed by atoms with Gasteiger partial charge in [0, 0.05) is 31.0 Å². The molecule has 0 fully saturated rings. The molecule has 2 aromatic heterocycles. The second-order valence-electron chi connectivity index (χ2n) is 5.62. The molecule has 0 unspecified atom stereocenters. The van der Waals surface area contributed by atoms with Gasteiger partial charge in [-0.3, -0.25) is 10.00 Å². The highest BCUT2D eigenvalue weighted by molar-refractivity contribution is 5.56. The van der Waals surface area contributed by atoms with Crippen molar-refractivity contribution in [3.63, 3.8) is 0 Å². The van der Waals surface area contributed by atoms with Gasteiger partial charge in [-0.05, 0) is 32.2 Å². The molecule has 0 saturated carbocycles. The Morgan fingerprint density at radius 2 is 2.12 bits per heavy atom. The number of H-pyrrole nitrogens is 1. The van der Waals surface area contributed by atoms with E-state index in [9.17, 15) is 4.39 Å². The molecule has 126 valence electrons. The molecule has 0 aliphatic heterocycles. The van der Waals surface area contributed by atoms with Crippen LogP contribution >= 0.6 is 0 Å². The molecular weight excluding hydrogens is 311 g/mol. The Labute approximate surface area is 139 Å². The van der Waals surface area contributed by atoms with E-state index < -0.39 is 5.82 Å². The molecule has 3 aromatic rings. The van der Waals surface area contributed by atoms with Gasteiger partial charge in [0.2, 0.25) is 5.89 Å². The van der Waals surface area contributed by atoms with Crippen molar-refractivity contribution in [3.8, 4) is 17.2 Å². The standard InChI is InChI=1S/C17H19FN4O2/c1-11-16(10-22(2)9-12-6-7-19-21-12)20-17(24-11)14-5-4-13(23-3)8-15(14)18/h4-8H,9-10H2,1-3H3,(H,19,21). The highest BCUT2D eigenvalue weighted by Crippen LogP contribution is 2.27. The summed E-state index contributed by atoms with van der Waals surface area (Å²) in [5.74, 6) is 0.987. The number of halogens is 1. The predicted octanol–water partition coefficient (Wildman–Crippen LogP) is 3.15. The van der Waals surface area contributed by atoms with Crippen molar-refractivity contribution in [1.82, 2.24) is 20.1 Å². The lowest BCUT2D eigenvalue weighted by atomic mass is 10.2. The second-order valence-corrected chi connectivity index (χ2v) is 5.62. The SMILES string of the molecule is COc1ccc(-c2nc(CN(C)Cc3ccn[nH]3)c(C)o2)c(F)c1. The summed E-state index contributed by atoms with van der Waals surface area (Å²) >= 11 is 0. The molecule has 6 nitrogen and oxygen atoms in total. The Balaban J connectivity index is 1.77. The fraction of sp³-hybridized carbons (Fsp3) is 0.294. The van der Waals surface area contributed by atoms with Crippen LogP contribution in [0.2, 0.25) is 0 Å². The topological polar surface area (TPSA) is 67.2 Å². The summed E-state index contributed by atoms with van der Waals surface area (Å²) in [6.07, 6.45) is 1.72. The minimum atomic E-state index is -0.423. The number of aromatic amines is 1. The first kappa shape index (κ1) is 16.2. The van der Waals surface area contributed by atoms with Gasteiger partial charge in [-0.25, -0.2) is 9.37 Å². The monoisotopic (exact) mass is 330 g/mol. The Morgan fingerprint density at radius 3 is 2.79 bits per heavy atom. The van der Waals surface area contributed by atoms with Crippen LogP contribution < -0.4 is 4.74 Å². The van der Waals surface area contributed by atoms with Crippen LogP contribution in [0, 0.1) is 12.7 Å². The summed E-state index contributed by atoms with van der Waals surface area (Å²) in [6.45, 7) is 3.13.